The van der Waals surface area contributed by atoms with E-state index in [4.69, 9.17) is 17.3 Å². The molecule has 1 heterocycles. The van der Waals surface area contributed by atoms with E-state index in [0.717, 1.165) is 31.6 Å². The first kappa shape index (κ1) is 12.8. The molecule has 1 aromatic carbocycles. The van der Waals surface area contributed by atoms with Crippen LogP contribution in [-0.2, 0) is 6.54 Å². The van der Waals surface area contributed by atoms with Gasteiger partial charge in [-0.3, -0.25) is 4.90 Å². The van der Waals surface area contributed by atoms with Gasteiger partial charge in [0.1, 0.15) is 5.82 Å². The minimum atomic E-state index is -0.362. The number of likely N-dealkylation sites (tertiary alicyclic amines) is 1. The largest absolute Gasteiger partial charge is 0.326 e. The quantitative estimate of drug-likeness (QED) is 0.882. The van der Waals surface area contributed by atoms with E-state index in [1.165, 1.54) is 6.07 Å². The van der Waals surface area contributed by atoms with Crippen LogP contribution in [0, 0.1) is 11.7 Å². The first-order valence-corrected chi connectivity index (χ1v) is 6.36. The molecule has 0 aromatic heterocycles. The van der Waals surface area contributed by atoms with Gasteiger partial charge in [-0.05, 0) is 36.6 Å². The Balaban J connectivity index is 1.99. The van der Waals surface area contributed by atoms with Crippen LogP contribution in [0.15, 0.2) is 18.2 Å². The SMILES string of the molecule is CC1CCN(Cc2ccc(F)c(Cl)c2)CC1N. The van der Waals surface area contributed by atoms with Crippen molar-refractivity contribution in [2.75, 3.05) is 13.1 Å². The number of hydrogen-bond donors (Lipinski definition) is 1. The molecular weight excluding hydrogens is 239 g/mol. The third-order valence-corrected chi connectivity index (χ3v) is 3.78. The summed E-state index contributed by atoms with van der Waals surface area (Å²) in [5, 5.41) is 0.192. The maximum atomic E-state index is 13.0. The predicted octanol–water partition coefficient (Wildman–Crippen LogP) is 2.65. The molecular formula is C13H18ClFN2. The molecule has 2 rings (SSSR count). The van der Waals surface area contributed by atoms with Gasteiger partial charge in [0, 0.05) is 19.1 Å². The highest BCUT2D eigenvalue weighted by Gasteiger charge is 2.22. The Morgan fingerprint density at radius 1 is 1.53 bits per heavy atom. The minimum Gasteiger partial charge on any atom is -0.326 e. The highest BCUT2D eigenvalue weighted by Crippen LogP contribution is 2.20. The lowest BCUT2D eigenvalue weighted by atomic mass is 9.94. The molecule has 94 valence electrons. The van der Waals surface area contributed by atoms with Gasteiger partial charge >= 0.3 is 0 Å². The molecule has 2 nitrogen and oxygen atoms in total. The highest BCUT2D eigenvalue weighted by atomic mass is 35.5. The molecule has 1 fully saturated rings. The molecule has 1 aliphatic rings. The summed E-state index contributed by atoms with van der Waals surface area (Å²) in [5.41, 5.74) is 7.09. The molecule has 0 amide bonds. The Bertz CT molecular complexity index is 397. The maximum absolute atomic E-state index is 13.0. The van der Waals surface area contributed by atoms with Crippen molar-refractivity contribution in [3.8, 4) is 0 Å². The highest BCUT2D eigenvalue weighted by molar-refractivity contribution is 6.30. The number of nitrogens with two attached hydrogens (primary N) is 1. The molecule has 2 atom stereocenters. The van der Waals surface area contributed by atoms with E-state index in [1.807, 2.05) is 0 Å². The zero-order valence-electron chi connectivity index (χ0n) is 10.00. The summed E-state index contributed by atoms with van der Waals surface area (Å²) in [4.78, 5) is 2.30. The number of piperidine rings is 1. The van der Waals surface area contributed by atoms with Crippen molar-refractivity contribution in [1.29, 1.82) is 0 Å². The van der Waals surface area contributed by atoms with Gasteiger partial charge in [0.2, 0.25) is 0 Å². The third kappa shape index (κ3) is 3.18. The van der Waals surface area contributed by atoms with Crippen LogP contribution in [-0.4, -0.2) is 24.0 Å². The fourth-order valence-corrected chi connectivity index (χ4v) is 2.41. The number of benzene rings is 1. The van der Waals surface area contributed by atoms with Gasteiger partial charge in [-0.2, -0.15) is 0 Å². The summed E-state index contributed by atoms with van der Waals surface area (Å²) in [7, 11) is 0. The smallest absolute Gasteiger partial charge is 0.141 e. The van der Waals surface area contributed by atoms with E-state index in [9.17, 15) is 4.39 Å². The molecule has 1 aromatic rings. The van der Waals surface area contributed by atoms with Crippen molar-refractivity contribution in [2.45, 2.75) is 25.9 Å². The first-order valence-electron chi connectivity index (χ1n) is 5.98. The summed E-state index contributed by atoms with van der Waals surface area (Å²) in [6.07, 6.45) is 1.12. The Morgan fingerprint density at radius 3 is 2.94 bits per heavy atom. The summed E-state index contributed by atoms with van der Waals surface area (Å²) >= 11 is 5.77. The second-order valence-electron chi connectivity index (χ2n) is 4.91. The molecule has 4 heteroatoms. The number of rotatable bonds is 2. The van der Waals surface area contributed by atoms with Crippen LogP contribution in [0.2, 0.25) is 5.02 Å². The average molecular weight is 257 g/mol. The maximum Gasteiger partial charge on any atom is 0.141 e. The fraction of sp³-hybridized carbons (Fsp3) is 0.538. The molecule has 2 N–H and O–H groups in total. The molecule has 0 bridgehead atoms. The Hall–Kier alpha value is -0.640. The van der Waals surface area contributed by atoms with Crippen LogP contribution in [0.4, 0.5) is 4.39 Å². The minimum absolute atomic E-state index is 0.192. The molecule has 0 aliphatic carbocycles. The fourth-order valence-electron chi connectivity index (χ4n) is 2.21. The second kappa shape index (κ2) is 5.34. The lowest BCUT2D eigenvalue weighted by Crippen LogP contribution is -2.47. The summed E-state index contributed by atoms with van der Waals surface area (Å²) < 4.78 is 13.0. The van der Waals surface area contributed by atoms with Crippen molar-refractivity contribution in [2.24, 2.45) is 11.7 Å². The van der Waals surface area contributed by atoms with Crippen LogP contribution >= 0.6 is 11.6 Å². The predicted molar refractivity (Wildman–Crippen MR) is 68.4 cm³/mol. The van der Waals surface area contributed by atoms with E-state index < -0.39 is 0 Å². The summed E-state index contributed by atoms with van der Waals surface area (Å²) in [5.74, 6) is 0.224. The van der Waals surface area contributed by atoms with E-state index in [0.29, 0.717) is 5.92 Å². The Morgan fingerprint density at radius 2 is 2.29 bits per heavy atom. The van der Waals surface area contributed by atoms with Crippen molar-refractivity contribution >= 4 is 11.6 Å². The Kier molecular flexibility index (Phi) is 4.02. The average Bonchev–Trinajstić information content (AvgIpc) is 2.29. The lowest BCUT2D eigenvalue weighted by molar-refractivity contribution is 0.162. The molecule has 0 spiro atoms. The monoisotopic (exact) mass is 256 g/mol. The van der Waals surface area contributed by atoms with Gasteiger partial charge < -0.3 is 5.73 Å². The van der Waals surface area contributed by atoms with E-state index >= 15 is 0 Å². The molecule has 0 saturated carbocycles. The van der Waals surface area contributed by atoms with Gasteiger partial charge in [0.25, 0.3) is 0 Å². The van der Waals surface area contributed by atoms with Crippen LogP contribution in [0.25, 0.3) is 0 Å². The molecule has 1 aliphatic heterocycles. The van der Waals surface area contributed by atoms with Crippen molar-refractivity contribution in [3.63, 3.8) is 0 Å². The molecule has 2 unspecified atom stereocenters. The van der Waals surface area contributed by atoms with Gasteiger partial charge in [-0.25, -0.2) is 4.39 Å². The number of halogens is 2. The lowest BCUT2D eigenvalue weighted by Gasteiger charge is -2.35. The zero-order valence-corrected chi connectivity index (χ0v) is 10.8. The third-order valence-electron chi connectivity index (χ3n) is 3.49. The normalized spacial score (nSPS) is 26.1. The van der Waals surface area contributed by atoms with E-state index in [1.54, 1.807) is 12.1 Å². The van der Waals surface area contributed by atoms with Crippen molar-refractivity contribution in [3.05, 3.63) is 34.6 Å². The summed E-state index contributed by atoms with van der Waals surface area (Å²) in [6, 6.07) is 5.13. The molecule has 1 saturated heterocycles. The van der Waals surface area contributed by atoms with Gasteiger partial charge in [-0.1, -0.05) is 24.6 Å². The topological polar surface area (TPSA) is 29.3 Å². The van der Waals surface area contributed by atoms with Crippen LogP contribution in [0.1, 0.15) is 18.9 Å². The molecule has 17 heavy (non-hydrogen) atoms. The van der Waals surface area contributed by atoms with Gasteiger partial charge in [0.15, 0.2) is 0 Å². The zero-order chi connectivity index (χ0) is 12.4. The van der Waals surface area contributed by atoms with Crippen molar-refractivity contribution < 1.29 is 4.39 Å². The van der Waals surface area contributed by atoms with E-state index in [2.05, 4.69) is 11.8 Å². The second-order valence-corrected chi connectivity index (χ2v) is 5.32. The van der Waals surface area contributed by atoms with Crippen LogP contribution < -0.4 is 5.73 Å². The van der Waals surface area contributed by atoms with Gasteiger partial charge in [-0.15, -0.1) is 0 Å². The van der Waals surface area contributed by atoms with Crippen molar-refractivity contribution in [1.82, 2.24) is 4.90 Å². The number of nitrogens with zero attached hydrogens (tertiary/aromatic N) is 1. The van der Waals surface area contributed by atoms with Crippen LogP contribution in [0.5, 0.6) is 0 Å². The van der Waals surface area contributed by atoms with Gasteiger partial charge in [0.05, 0.1) is 5.02 Å². The standard InChI is InChI=1S/C13H18ClFN2/c1-9-4-5-17(8-13(9)16)7-10-2-3-12(15)11(14)6-10/h2-3,6,9,13H,4-5,7-8,16H2,1H3. The Labute approximate surface area is 107 Å². The summed E-state index contributed by atoms with van der Waals surface area (Å²) in [6.45, 7) is 4.93. The first-order chi connectivity index (χ1) is 8.06. The number of hydrogen-bond acceptors (Lipinski definition) is 2. The van der Waals surface area contributed by atoms with Crippen LogP contribution in [0.3, 0.4) is 0 Å². The van der Waals surface area contributed by atoms with E-state index in [-0.39, 0.29) is 16.9 Å². The molecule has 0 radical (unpaired) electrons.